The number of anilines is 2. The highest BCUT2D eigenvalue weighted by Gasteiger charge is 2.54. The van der Waals surface area contributed by atoms with Crippen LogP contribution in [0.4, 0.5) is 24.9 Å². The molecular formula is C24H29F3N10O12P2. The molecule has 0 aromatic carbocycles. The molecule has 22 nitrogen and oxygen atoms in total. The number of nitrogens with one attached hydrogen (secondary N) is 1. The second kappa shape index (κ2) is 13.1. The number of phosphoric acid groups is 1. The molecule has 0 amide bonds. The number of aromatic nitrogens is 8. The maximum Gasteiger partial charge on any atom is 0.472 e. The van der Waals surface area contributed by atoms with Gasteiger partial charge >= 0.3 is 21.6 Å². The van der Waals surface area contributed by atoms with Crippen LogP contribution in [0, 0.1) is 0 Å². The largest absolute Gasteiger partial charge is 0.472 e. The lowest BCUT2D eigenvalue weighted by atomic mass is 10.1. The molecule has 0 aliphatic carbocycles. The number of aromatic amines is 1. The molecular weight excluding hydrogens is 739 g/mol. The fraction of sp³-hybridized carbons (Fsp3) is 0.583. The molecule has 27 heteroatoms. The number of imidazole rings is 2. The number of phosphoric ester groups is 1. The van der Waals surface area contributed by atoms with E-state index in [1.165, 1.54) is 10.9 Å². The standard InChI is InChI=1S/C24H29F3N10O12P2/c1-50(40)44-4-9-14(13(38)21(46-9)36-7-32-11-17(28)30-6-31-18(11)36)49-51(41,42)45-5-10-15(43-3-2-24(25,26)27)16(48-50)22(47-10)37-8-33-12-19(37)34-23(29)35-20(12)39/h6-10,13-16,21-22,38H,2-5H2,1H3,(H,41,42)(H2,28,30,31)(H3,29,34,35,39)/t9-,10-,13?,14?,15?,16?,21-,22-,50?/m1/s1. The molecule has 4 aromatic heterocycles. The van der Waals surface area contributed by atoms with Crippen molar-refractivity contribution >= 4 is 49.5 Å². The van der Waals surface area contributed by atoms with Gasteiger partial charge in [-0.2, -0.15) is 18.2 Å². The maximum atomic E-state index is 13.9. The lowest BCUT2D eigenvalue weighted by molar-refractivity contribution is -0.155. The van der Waals surface area contributed by atoms with E-state index in [9.17, 15) is 37.1 Å². The van der Waals surface area contributed by atoms with Crippen molar-refractivity contribution in [3.05, 3.63) is 29.3 Å². The number of nitrogens with two attached hydrogens (primary N) is 2. The van der Waals surface area contributed by atoms with Crippen LogP contribution in [0.2, 0.25) is 0 Å². The molecule has 0 spiro atoms. The molecule has 4 aromatic rings. The molecule has 278 valence electrons. The third kappa shape index (κ3) is 7.11. The van der Waals surface area contributed by atoms with Crippen molar-refractivity contribution in [1.29, 1.82) is 0 Å². The van der Waals surface area contributed by atoms with Crippen LogP contribution in [0.15, 0.2) is 23.8 Å². The van der Waals surface area contributed by atoms with E-state index < -0.39 is 102 Å². The van der Waals surface area contributed by atoms with Gasteiger partial charge in [-0.25, -0.2) is 24.5 Å². The van der Waals surface area contributed by atoms with Crippen LogP contribution in [0.25, 0.3) is 22.3 Å². The van der Waals surface area contributed by atoms with E-state index in [0.29, 0.717) is 0 Å². The van der Waals surface area contributed by atoms with Crippen molar-refractivity contribution in [3.8, 4) is 0 Å². The summed E-state index contributed by atoms with van der Waals surface area (Å²) in [5.74, 6) is -0.296. The normalized spacial score (nSPS) is 35.0. The van der Waals surface area contributed by atoms with Gasteiger partial charge in [0.15, 0.2) is 35.1 Å². The van der Waals surface area contributed by atoms with Gasteiger partial charge in [-0.15, -0.1) is 0 Å². The molecule has 0 radical (unpaired) electrons. The van der Waals surface area contributed by atoms with Crippen LogP contribution >= 0.6 is 15.4 Å². The Hall–Kier alpha value is -3.61. The zero-order valence-corrected chi connectivity index (χ0v) is 27.8. The van der Waals surface area contributed by atoms with Crippen molar-refractivity contribution in [2.24, 2.45) is 0 Å². The molecule has 0 saturated carbocycles. The summed E-state index contributed by atoms with van der Waals surface area (Å²) in [5, 5.41) is 11.3. The van der Waals surface area contributed by atoms with E-state index in [-0.39, 0.29) is 34.1 Å². The Morgan fingerprint density at radius 2 is 1.67 bits per heavy atom. The summed E-state index contributed by atoms with van der Waals surface area (Å²) in [6.07, 6.45) is -14.9. The first-order valence-electron chi connectivity index (χ1n) is 14.9. The summed E-state index contributed by atoms with van der Waals surface area (Å²) in [6, 6.07) is 0. The first-order chi connectivity index (χ1) is 24.0. The fourth-order valence-electron chi connectivity index (χ4n) is 5.90. The van der Waals surface area contributed by atoms with E-state index in [4.69, 9.17) is 43.8 Å². The number of halogens is 3. The van der Waals surface area contributed by atoms with E-state index in [1.54, 1.807) is 0 Å². The molecule has 3 fully saturated rings. The summed E-state index contributed by atoms with van der Waals surface area (Å²) >= 11 is 0. The number of hydrogen-bond acceptors (Lipinski definition) is 18. The van der Waals surface area contributed by atoms with Gasteiger partial charge in [-0.3, -0.25) is 37.0 Å². The number of aliphatic hydroxyl groups is 1. The molecule has 2 bridgehead atoms. The van der Waals surface area contributed by atoms with Crippen molar-refractivity contribution in [1.82, 2.24) is 39.0 Å². The summed E-state index contributed by atoms with van der Waals surface area (Å²) in [6.45, 7) is -1.48. The molecule has 7 N–H and O–H groups in total. The Balaban J connectivity index is 1.23. The Morgan fingerprint density at radius 3 is 2.41 bits per heavy atom. The van der Waals surface area contributed by atoms with Crippen molar-refractivity contribution < 1.29 is 64.6 Å². The third-order valence-corrected chi connectivity index (χ3v) is 10.3. The number of rotatable bonds is 5. The van der Waals surface area contributed by atoms with Crippen LogP contribution in [0.3, 0.4) is 0 Å². The highest BCUT2D eigenvalue weighted by molar-refractivity contribution is 7.53. The molecule has 7 rings (SSSR count). The van der Waals surface area contributed by atoms with Gasteiger partial charge in [-0.05, 0) is 0 Å². The lowest BCUT2D eigenvalue weighted by Crippen LogP contribution is -2.38. The Kier molecular flexibility index (Phi) is 9.20. The van der Waals surface area contributed by atoms with E-state index in [0.717, 1.165) is 23.9 Å². The summed E-state index contributed by atoms with van der Waals surface area (Å²) in [4.78, 5) is 45.7. The zero-order chi connectivity index (χ0) is 36.5. The van der Waals surface area contributed by atoms with Gasteiger partial charge < -0.3 is 40.2 Å². The third-order valence-electron chi connectivity index (χ3n) is 8.12. The van der Waals surface area contributed by atoms with E-state index >= 15 is 0 Å². The zero-order valence-electron chi connectivity index (χ0n) is 26.0. The van der Waals surface area contributed by atoms with Crippen LogP contribution in [-0.4, -0.2) is 118 Å². The predicted molar refractivity (Wildman–Crippen MR) is 162 cm³/mol. The molecule has 3 aliphatic heterocycles. The number of H-pyrrole nitrogens is 1. The summed E-state index contributed by atoms with van der Waals surface area (Å²) in [7, 11) is -9.50. The summed E-state index contributed by atoms with van der Waals surface area (Å²) < 4.78 is 109. The first-order valence-corrected chi connectivity index (χ1v) is 18.4. The van der Waals surface area contributed by atoms with Crippen LogP contribution in [0.1, 0.15) is 18.9 Å². The Bertz CT molecular complexity index is 2100. The van der Waals surface area contributed by atoms with E-state index in [2.05, 4.69) is 29.9 Å². The van der Waals surface area contributed by atoms with Gasteiger partial charge in [0.1, 0.15) is 48.5 Å². The second-order valence-corrected chi connectivity index (χ2v) is 15.1. The minimum atomic E-state index is -5.18. The van der Waals surface area contributed by atoms with Gasteiger partial charge in [-0.1, -0.05) is 0 Å². The topological polar surface area (TPSA) is 298 Å². The minimum absolute atomic E-state index is 0.0243. The molecule has 10 atom stereocenters. The highest BCUT2D eigenvalue weighted by atomic mass is 31.2. The number of nitrogen functional groups attached to an aromatic ring is 2. The molecule has 3 saturated heterocycles. The number of ether oxygens (including phenoxy) is 3. The maximum absolute atomic E-state index is 13.9. The minimum Gasteiger partial charge on any atom is -0.386 e. The molecule has 7 heterocycles. The van der Waals surface area contributed by atoms with Crippen molar-refractivity contribution in [3.63, 3.8) is 0 Å². The lowest BCUT2D eigenvalue weighted by Gasteiger charge is -2.28. The highest BCUT2D eigenvalue weighted by Crippen LogP contribution is 2.54. The van der Waals surface area contributed by atoms with Gasteiger partial charge in [0.25, 0.3) is 5.56 Å². The second-order valence-electron chi connectivity index (χ2n) is 11.7. The molecule has 51 heavy (non-hydrogen) atoms. The van der Waals surface area contributed by atoms with Gasteiger partial charge in [0.2, 0.25) is 5.95 Å². The average molecular weight is 768 g/mol. The molecule has 3 aliphatic rings. The van der Waals surface area contributed by atoms with Crippen LogP contribution in [-0.2, 0) is 41.4 Å². The summed E-state index contributed by atoms with van der Waals surface area (Å²) in [5.41, 5.74) is 10.8. The van der Waals surface area contributed by atoms with Crippen molar-refractivity contribution in [2.75, 3.05) is 38.0 Å². The molecule has 6 unspecified atom stereocenters. The monoisotopic (exact) mass is 768 g/mol. The number of hydrogen-bond donors (Lipinski definition) is 5. The fourth-order valence-corrected chi connectivity index (χ4v) is 8.01. The van der Waals surface area contributed by atoms with Crippen molar-refractivity contribution in [2.45, 2.75) is 61.7 Å². The average Bonchev–Trinajstić information content (AvgIpc) is 3.80. The quantitative estimate of drug-likeness (QED) is 0.171. The first kappa shape index (κ1) is 35.8. The smallest absolute Gasteiger partial charge is 0.386 e. The predicted octanol–water partition coefficient (Wildman–Crippen LogP) is 0.358. The van der Waals surface area contributed by atoms with Crippen LogP contribution in [0.5, 0.6) is 0 Å². The Morgan fingerprint density at radius 1 is 0.980 bits per heavy atom. The number of nitrogens with zero attached hydrogens (tertiary/aromatic N) is 7. The van der Waals surface area contributed by atoms with E-state index in [1.807, 2.05) is 0 Å². The number of alkyl halides is 3. The SMILES string of the molecule is CP1(=O)OC[C@H]2O[C@@H](n3cnc4c(N)ncnc43)C(O)C2OP(=O)(O)OC[C@H]2O[C@@H](n3cnc4c(=O)[nH]c(N)nc43)C(O1)C2OCCC(F)(F)F. The van der Waals surface area contributed by atoms with Gasteiger partial charge in [0, 0.05) is 6.66 Å². The van der Waals surface area contributed by atoms with Gasteiger partial charge in [0.05, 0.1) is 38.9 Å². The number of aliphatic hydroxyl groups excluding tert-OH is 1. The number of fused-ring (bicyclic) bond motifs is 5. The van der Waals surface area contributed by atoms with Crippen LogP contribution < -0.4 is 17.0 Å². The Labute approximate surface area is 282 Å².